The Hall–Kier alpha value is 2.64. The van der Waals surface area contributed by atoms with Crippen molar-refractivity contribution >= 4 is 112 Å². The van der Waals surface area contributed by atoms with Gasteiger partial charge in [-0.3, -0.25) is 0 Å². The van der Waals surface area contributed by atoms with Gasteiger partial charge in [-0.25, -0.2) is 0 Å². The first-order valence-corrected chi connectivity index (χ1v) is 18.8. The molecule has 43 heavy (non-hydrogen) atoms. The maximum atomic E-state index is 6.18. The summed E-state index contributed by atoms with van der Waals surface area (Å²) in [4.78, 5) is 0. The zero-order valence-corrected chi connectivity index (χ0v) is 39.1. The van der Waals surface area contributed by atoms with Gasteiger partial charge in [-0.05, 0) is 80.1 Å². The third-order valence-corrected chi connectivity index (χ3v) is 12.9. The summed E-state index contributed by atoms with van der Waals surface area (Å²) in [5.74, 6) is 0. The second kappa shape index (κ2) is 39.1. The van der Waals surface area contributed by atoms with Gasteiger partial charge in [0.1, 0.15) is 0 Å². The maximum absolute atomic E-state index is 6.18. The van der Waals surface area contributed by atoms with Crippen LogP contribution in [0.3, 0.4) is 0 Å². The third kappa shape index (κ3) is 31.7. The van der Waals surface area contributed by atoms with Crippen molar-refractivity contribution in [3.63, 3.8) is 0 Å². The van der Waals surface area contributed by atoms with Crippen LogP contribution in [0.5, 0.6) is 0 Å². The molecule has 0 saturated heterocycles. The molecule has 15 heteroatoms. The summed E-state index contributed by atoms with van der Waals surface area (Å²) in [6, 6.07) is 1.68. The highest BCUT2D eigenvalue weighted by molar-refractivity contribution is 7.60. The zero-order valence-electron chi connectivity index (χ0n) is 30.1. The Labute approximate surface area is 320 Å². The van der Waals surface area contributed by atoms with E-state index in [1.165, 1.54) is 0 Å². The van der Waals surface area contributed by atoms with Crippen LogP contribution in [0.4, 0.5) is 0 Å². The molecule has 0 heterocycles. The third-order valence-electron chi connectivity index (χ3n) is 6.60. The van der Waals surface area contributed by atoms with Crippen molar-refractivity contribution in [2.24, 2.45) is 0 Å². The van der Waals surface area contributed by atoms with Gasteiger partial charge in [-0.2, -0.15) is 94.5 Å². The van der Waals surface area contributed by atoms with Crippen LogP contribution in [-0.4, -0.2) is 54.2 Å². The van der Waals surface area contributed by atoms with Gasteiger partial charge in [0.15, 0.2) is 0 Å². The molecule has 276 valence electrons. The van der Waals surface area contributed by atoms with Crippen LogP contribution in [0.15, 0.2) is 0 Å². The fourth-order valence-electron chi connectivity index (χ4n) is 3.01. The molecule has 0 N–H and O–H groups in total. The van der Waals surface area contributed by atoms with Gasteiger partial charge in [-0.1, -0.05) is 55.4 Å². The van der Waals surface area contributed by atoms with E-state index in [1.54, 1.807) is 0 Å². The summed E-state index contributed by atoms with van der Waals surface area (Å²) < 4.78 is 37.1. The van der Waals surface area contributed by atoms with Crippen molar-refractivity contribution in [1.29, 1.82) is 0 Å². The molecular formula is C28H78O6S7Si2. The van der Waals surface area contributed by atoms with Gasteiger partial charge >= 0.3 is 17.6 Å². The first-order chi connectivity index (χ1) is 16.8. The summed E-state index contributed by atoms with van der Waals surface area (Å²) >= 11 is 0. The van der Waals surface area contributed by atoms with Crippen LogP contribution < -0.4 is 0 Å². The van der Waals surface area contributed by atoms with Gasteiger partial charge < -0.3 is 26.6 Å². The van der Waals surface area contributed by atoms with Crippen molar-refractivity contribution in [3.8, 4) is 0 Å². The fraction of sp³-hybridized carbons (Fsp3) is 1.00. The number of hydrogen-bond donors (Lipinski definition) is 0. The molecule has 0 aliphatic rings. The van der Waals surface area contributed by atoms with E-state index in [4.69, 9.17) is 26.6 Å². The van der Waals surface area contributed by atoms with E-state index in [1.807, 2.05) is 0 Å². The highest BCUT2D eigenvalue weighted by Gasteiger charge is 2.44. The molecule has 6 atom stereocenters. The van der Waals surface area contributed by atoms with Gasteiger partial charge in [-0.15, -0.1) is 0 Å². The molecule has 0 bridgehead atoms. The molecule has 0 aromatic rings. The Bertz CT molecular complexity index is 431. The lowest BCUT2D eigenvalue weighted by atomic mass is 10.3. The second-order valence-electron chi connectivity index (χ2n) is 10.1. The maximum Gasteiger partial charge on any atom is 0.501 e. The molecule has 0 aliphatic heterocycles. The summed E-state index contributed by atoms with van der Waals surface area (Å²) in [5, 5.41) is 0. The predicted molar refractivity (Wildman–Crippen MR) is 230 cm³/mol. The van der Waals surface area contributed by atoms with Crippen molar-refractivity contribution < 1.29 is 26.6 Å². The molecule has 0 aromatic heterocycles. The van der Waals surface area contributed by atoms with Crippen LogP contribution in [0, 0.1) is 0 Å². The largest absolute Gasteiger partial charge is 0.501 e. The molecule has 0 spiro atoms. The summed E-state index contributed by atoms with van der Waals surface area (Å²) in [6.45, 7) is 29.6. The monoisotopic (exact) mass is 790 g/mol. The summed E-state index contributed by atoms with van der Waals surface area (Å²) in [5.41, 5.74) is 0. The molecule has 0 fully saturated rings. The van der Waals surface area contributed by atoms with Crippen LogP contribution in [0.25, 0.3) is 0 Å². The topological polar surface area (TPSA) is 55.4 Å². The minimum atomic E-state index is -2.52. The first-order valence-electron chi connectivity index (χ1n) is 14.9. The van der Waals surface area contributed by atoms with E-state index in [-0.39, 0.29) is 131 Å². The standard InChI is InChI=1S/2C14H32O3Si.7H2S/c2*1-8-12(5)15-18(11-4,16-13(6)9-2)17-14(7)10-3;;;;;;;/h2*12-14H,8-11H2,1-7H3;7*1H2. The van der Waals surface area contributed by atoms with Crippen molar-refractivity contribution in [1.82, 2.24) is 0 Å². The van der Waals surface area contributed by atoms with Crippen LogP contribution >= 0.6 is 94.5 Å². The van der Waals surface area contributed by atoms with Crippen molar-refractivity contribution in [3.05, 3.63) is 0 Å². The van der Waals surface area contributed by atoms with E-state index >= 15 is 0 Å². The Morgan fingerprint density at radius 3 is 0.488 bits per heavy atom. The van der Waals surface area contributed by atoms with Crippen LogP contribution in [0.2, 0.25) is 12.1 Å². The van der Waals surface area contributed by atoms with Gasteiger partial charge in [0.2, 0.25) is 0 Å². The summed E-state index contributed by atoms with van der Waals surface area (Å²) in [7, 11) is -5.04. The Kier molecular flexibility index (Phi) is 61.6. The Morgan fingerprint density at radius 2 is 0.419 bits per heavy atom. The zero-order chi connectivity index (χ0) is 28.4. The van der Waals surface area contributed by atoms with Gasteiger partial charge in [0, 0.05) is 48.7 Å². The molecular weight excluding hydrogens is 713 g/mol. The van der Waals surface area contributed by atoms with Gasteiger partial charge in [0.25, 0.3) is 0 Å². The number of hydrogen-bond acceptors (Lipinski definition) is 6. The molecule has 0 radical (unpaired) electrons. The van der Waals surface area contributed by atoms with Crippen molar-refractivity contribution in [2.45, 2.75) is 184 Å². The molecule has 0 aromatic carbocycles. The molecule has 6 nitrogen and oxygen atoms in total. The lowest BCUT2D eigenvalue weighted by molar-refractivity contribution is -0.0108. The Balaban J connectivity index is -0.0000000661. The molecule has 0 saturated carbocycles. The number of rotatable bonds is 20. The van der Waals surface area contributed by atoms with E-state index in [9.17, 15) is 0 Å². The van der Waals surface area contributed by atoms with E-state index < -0.39 is 17.6 Å². The predicted octanol–water partition coefficient (Wildman–Crippen LogP) is 9.57. The molecule has 0 aliphatic carbocycles. The van der Waals surface area contributed by atoms with Crippen molar-refractivity contribution in [2.75, 3.05) is 0 Å². The second-order valence-corrected chi connectivity index (χ2v) is 15.7. The van der Waals surface area contributed by atoms with Crippen LogP contribution in [0.1, 0.15) is 135 Å². The van der Waals surface area contributed by atoms with E-state index in [0.717, 1.165) is 50.6 Å². The normalized spacial score (nSPS) is 16.9. The SMILES string of the molecule is CCC(C)O[Si](CC)(OC(C)CC)OC(C)CC.CCC(C)O[Si](CC)(OC(C)CC)OC(C)CC.S.S.S.S.S.S.S. The lowest BCUT2D eigenvalue weighted by Crippen LogP contribution is -2.51. The van der Waals surface area contributed by atoms with Crippen LogP contribution in [-0.2, 0) is 26.6 Å². The highest BCUT2D eigenvalue weighted by Crippen LogP contribution is 2.25. The van der Waals surface area contributed by atoms with Gasteiger partial charge in [0.05, 0.1) is 0 Å². The first kappa shape index (κ1) is 67.7. The minimum absolute atomic E-state index is 0. The molecule has 6 unspecified atom stereocenters. The van der Waals surface area contributed by atoms with E-state index in [0.29, 0.717) is 0 Å². The fourth-order valence-corrected chi connectivity index (χ4v) is 9.02. The Morgan fingerprint density at radius 1 is 0.302 bits per heavy atom. The average Bonchev–Trinajstić information content (AvgIpc) is 2.87. The molecule has 0 rings (SSSR count). The summed E-state index contributed by atoms with van der Waals surface area (Å²) in [6.07, 6.45) is 7.12. The van der Waals surface area contributed by atoms with E-state index in [2.05, 4.69) is 96.9 Å². The quantitative estimate of drug-likeness (QED) is 0.115. The minimum Gasteiger partial charge on any atom is -0.371 e. The highest BCUT2D eigenvalue weighted by atomic mass is 32.1. The average molecular weight is 792 g/mol. The lowest BCUT2D eigenvalue weighted by Gasteiger charge is -2.35. The molecule has 0 amide bonds. The smallest absolute Gasteiger partial charge is 0.371 e.